The summed E-state index contributed by atoms with van der Waals surface area (Å²) in [7, 11) is 0. The molecule has 2 rings (SSSR count). The van der Waals surface area contributed by atoms with Gasteiger partial charge in [0.2, 0.25) is 0 Å². The molecule has 3 heteroatoms. The second-order valence-electron chi connectivity index (χ2n) is 4.73. The monoisotopic (exact) mass is 208 g/mol. The van der Waals surface area contributed by atoms with Crippen LogP contribution in [0.25, 0.3) is 0 Å². The highest BCUT2D eigenvalue weighted by Crippen LogP contribution is 2.26. The van der Waals surface area contributed by atoms with Gasteiger partial charge in [-0.2, -0.15) is 0 Å². The Morgan fingerprint density at radius 1 is 1.33 bits per heavy atom. The zero-order valence-electron chi connectivity index (χ0n) is 9.56. The molecule has 3 nitrogen and oxygen atoms in total. The summed E-state index contributed by atoms with van der Waals surface area (Å²) in [4.78, 5) is 3.22. The normalized spacial score (nSPS) is 20.5. The van der Waals surface area contributed by atoms with E-state index in [-0.39, 0.29) is 0 Å². The molecule has 1 fully saturated rings. The van der Waals surface area contributed by atoms with Gasteiger partial charge in [-0.25, -0.2) is 0 Å². The van der Waals surface area contributed by atoms with Crippen molar-refractivity contribution in [2.45, 2.75) is 38.7 Å². The van der Waals surface area contributed by atoms with Crippen LogP contribution in [0.3, 0.4) is 0 Å². The molecule has 0 amide bonds. The van der Waals surface area contributed by atoms with E-state index in [1.165, 1.54) is 16.8 Å². The largest absolute Gasteiger partial charge is 0.389 e. The van der Waals surface area contributed by atoms with Crippen LogP contribution >= 0.6 is 0 Å². The van der Waals surface area contributed by atoms with Crippen molar-refractivity contribution in [1.82, 2.24) is 10.3 Å². The van der Waals surface area contributed by atoms with Crippen LogP contribution in [0.15, 0.2) is 6.20 Å². The lowest BCUT2D eigenvalue weighted by Gasteiger charge is -2.32. The van der Waals surface area contributed by atoms with E-state index in [4.69, 9.17) is 0 Å². The first-order chi connectivity index (χ1) is 7.11. The van der Waals surface area contributed by atoms with Gasteiger partial charge in [-0.3, -0.25) is 0 Å². The molecule has 0 atom stereocenters. The lowest BCUT2D eigenvalue weighted by Crippen LogP contribution is -2.43. The summed E-state index contributed by atoms with van der Waals surface area (Å²) in [6, 6.07) is 0. The average molecular weight is 208 g/mol. The van der Waals surface area contributed by atoms with Crippen molar-refractivity contribution in [2.75, 3.05) is 13.1 Å². The molecule has 0 bridgehead atoms. The maximum atomic E-state index is 10.4. The molecule has 0 radical (unpaired) electrons. The molecule has 0 unspecified atom stereocenters. The zero-order chi connectivity index (χ0) is 10.9. The Bertz CT molecular complexity index is 318. The van der Waals surface area contributed by atoms with E-state index >= 15 is 0 Å². The predicted molar refractivity (Wildman–Crippen MR) is 61.0 cm³/mol. The quantitative estimate of drug-likeness (QED) is 0.686. The Hall–Kier alpha value is -0.800. The lowest BCUT2D eigenvalue weighted by atomic mass is 9.85. The van der Waals surface area contributed by atoms with Crippen LogP contribution < -0.4 is 5.32 Å². The molecule has 1 aromatic heterocycles. The molecule has 15 heavy (non-hydrogen) atoms. The van der Waals surface area contributed by atoms with Gasteiger partial charge in [-0.1, -0.05) is 0 Å². The molecule has 2 heterocycles. The van der Waals surface area contributed by atoms with Crippen LogP contribution in [0.5, 0.6) is 0 Å². The van der Waals surface area contributed by atoms with Crippen molar-refractivity contribution < 1.29 is 5.11 Å². The highest BCUT2D eigenvalue weighted by molar-refractivity contribution is 5.30. The molecule has 1 aromatic rings. The fourth-order valence-corrected chi connectivity index (χ4v) is 2.36. The molecule has 84 valence electrons. The van der Waals surface area contributed by atoms with Crippen molar-refractivity contribution in [3.05, 3.63) is 23.0 Å². The maximum Gasteiger partial charge on any atom is 0.0712 e. The third kappa shape index (κ3) is 2.24. The van der Waals surface area contributed by atoms with Crippen LogP contribution in [0.2, 0.25) is 0 Å². The molecule has 1 aliphatic rings. The summed E-state index contributed by atoms with van der Waals surface area (Å²) in [5.74, 6) is 0. The standard InChI is InChI=1S/C12H20N2O/c1-9-8-14-10(2)11(9)7-12(15)3-5-13-6-4-12/h8,13-15H,3-7H2,1-2H3. The fourth-order valence-electron chi connectivity index (χ4n) is 2.36. The van der Waals surface area contributed by atoms with Crippen LogP contribution in [-0.4, -0.2) is 28.8 Å². The van der Waals surface area contributed by atoms with Gasteiger partial charge < -0.3 is 15.4 Å². The van der Waals surface area contributed by atoms with Gasteiger partial charge in [0.1, 0.15) is 0 Å². The van der Waals surface area contributed by atoms with Crippen molar-refractivity contribution >= 4 is 0 Å². The van der Waals surface area contributed by atoms with Gasteiger partial charge >= 0.3 is 0 Å². The summed E-state index contributed by atoms with van der Waals surface area (Å²) in [6.45, 7) is 6.04. The van der Waals surface area contributed by atoms with E-state index in [2.05, 4.69) is 24.1 Å². The topological polar surface area (TPSA) is 48.0 Å². The predicted octanol–water partition coefficient (Wildman–Crippen LogP) is 1.29. The number of H-pyrrole nitrogens is 1. The molecule has 0 spiro atoms. The number of aromatic amines is 1. The Labute approximate surface area is 90.9 Å². The smallest absolute Gasteiger partial charge is 0.0712 e. The van der Waals surface area contributed by atoms with Gasteiger partial charge in [0.25, 0.3) is 0 Å². The van der Waals surface area contributed by atoms with E-state index < -0.39 is 5.60 Å². The SMILES string of the molecule is Cc1c[nH]c(C)c1CC1(O)CCNCC1. The fraction of sp³-hybridized carbons (Fsp3) is 0.667. The molecule has 0 aliphatic carbocycles. The Morgan fingerprint density at radius 3 is 2.53 bits per heavy atom. The molecule has 0 saturated carbocycles. The number of nitrogens with one attached hydrogen (secondary N) is 2. The molecule has 1 saturated heterocycles. The van der Waals surface area contributed by atoms with Crippen LogP contribution in [0.4, 0.5) is 0 Å². The van der Waals surface area contributed by atoms with E-state index in [9.17, 15) is 5.11 Å². The number of aromatic nitrogens is 1. The van der Waals surface area contributed by atoms with E-state index in [1.807, 2.05) is 6.20 Å². The van der Waals surface area contributed by atoms with Crippen molar-refractivity contribution in [3.63, 3.8) is 0 Å². The van der Waals surface area contributed by atoms with Gasteiger partial charge in [-0.05, 0) is 50.9 Å². The summed E-state index contributed by atoms with van der Waals surface area (Å²) >= 11 is 0. The summed E-state index contributed by atoms with van der Waals surface area (Å²) in [5.41, 5.74) is 3.25. The molecule has 0 aromatic carbocycles. The third-order valence-electron chi connectivity index (χ3n) is 3.47. The van der Waals surface area contributed by atoms with Gasteiger partial charge in [0.15, 0.2) is 0 Å². The van der Waals surface area contributed by atoms with Gasteiger partial charge in [0.05, 0.1) is 5.60 Å². The molecule has 3 N–H and O–H groups in total. The second kappa shape index (κ2) is 3.99. The van der Waals surface area contributed by atoms with Crippen molar-refractivity contribution in [2.24, 2.45) is 0 Å². The minimum absolute atomic E-state index is 0.497. The lowest BCUT2D eigenvalue weighted by molar-refractivity contribution is 0.0106. The molecular formula is C12H20N2O. The minimum atomic E-state index is -0.497. The van der Waals surface area contributed by atoms with Gasteiger partial charge in [-0.15, -0.1) is 0 Å². The van der Waals surface area contributed by atoms with E-state index in [0.717, 1.165) is 32.4 Å². The highest BCUT2D eigenvalue weighted by atomic mass is 16.3. The Morgan fingerprint density at radius 2 is 2.00 bits per heavy atom. The summed E-state index contributed by atoms with van der Waals surface area (Å²) in [6.07, 6.45) is 4.53. The maximum absolute atomic E-state index is 10.4. The minimum Gasteiger partial charge on any atom is -0.389 e. The van der Waals surface area contributed by atoms with E-state index in [1.54, 1.807) is 0 Å². The Balaban J connectivity index is 2.13. The highest BCUT2D eigenvalue weighted by Gasteiger charge is 2.30. The number of hydrogen-bond donors (Lipinski definition) is 3. The summed E-state index contributed by atoms with van der Waals surface area (Å²) in [5, 5.41) is 13.7. The van der Waals surface area contributed by atoms with Gasteiger partial charge in [0, 0.05) is 18.3 Å². The van der Waals surface area contributed by atoms with Crippen molar-refractivity contribution in [1.29, 1.82) is 0 Å². The number of rotatable bonds is 2. The van der Waals surface area contributed by atoms with Crippen LogP contribution in [0.1, 0.15) is 29.7 Å². The van der Waals surface area contributed by atoms with Crippen LogP contribution in [-0.2, 0) is 6.42 Å². The van der Waals surface area contributed by atoms with E-state index in [0.29, 0.717) is 0 Å². The number of aryl methyl sites for hydroxylation is 2. The number of aliphatic hydroxyl groups is 1. The number of hydrogen-bond acceptors (Lipinski definition) is 2. The summed E-state index contributed by atoms with van der Waals surface area (Å²) < 4.78 is 0. The average Bonchev–Trinajstić information content (AvgIpc) is 2.50. The molecular weight excluding hydrogens is 188 g/mol. The second-order valence-corrected chi connectivity index (χ2v) is 4.73. The number of piperidine rings is 1. The Kier molecular flexibility index (Phi) is 2.85. The molecule has 1 aliphatic heterocycles. The first-order valence-corrected chi connectivity index (χ1v) is 5.67. The first kappa shape index (κ1) is 10.7. The van der Waals surface area contributed by atoms with Crippen molar-refractivity contribution in [3.8, 4) is 0 Å². The zero-order valence-corrected chi connectivity index (χ0v) is 9.56. The van der Waals surface area contributed by atoms with Crippen LogP contribution in [0, 0.1) is 13.8 Å². The first-order valence-electron chi connectivity index (χ1n) is 5.67. The third-order valence-corrected chi connectivity index (χ3v) is 3.47.